The molecule has 98 valence electrons. The van der Waals surface area contributed by atoms with Crippen LogP contribution in [0.4, 0.5) is 0 Å². The van der Waals surface area contributed by atoms with Gasteiger partial charge >= 0.3 is 0 Å². The number of amides is 1. The molecule has 0 bridgehead atoms. The normalized spacial score (nSPS) is 13.1. The van der Waals surface area contributed by atoms with Crippen LogP contribution in [-0.2, 0) is 0 Å². The Hall–Kier alpha value is -1.63. The van der Waals surface area contributed by atoms with Crippen LogP contribution in [0.2, 0.25) is 0 Å². The Balaban J connectivity index is 2.78. The van der Waals surface area contributed by atoms with E-state index < -0.39 is 6.04 Å². The van der Waals surface area contributed by atoms with E-state index >= 15 is 0 Å². The van der Waals surface area contributed by atoms with Crippen LogP contribution in [0.5, 0.6) is 0 Å². The van der Waals surface area contributed by atoms with Crippen molar-refractivity contribution in [2.75, 3.05) is 0 Å². The summed E-state index contributed by atoms with van der Waals surface area (Å²) < 4.78 is 0.714. The minimum Gasteiger partial charge on any atom is -0.409 e. The van der Waals surface area contributed by atoms with Gasteiger partial charge in [0.25, 0.3) is 5.91 Å². The molecule has 1 heterocycles. The summed E-state index contributed by atoms with van der Waals surface area (Å²) in [5.41, 5.74) is 5.93. The van der Waals surface area contributed by atoms with Crippen LogP contribution in [0.1, 0.15) is 30.1 Å². The maximum atomic E-state index is 11.9. The predicted octanol–water partition coefficient (Wildman–Crippen LogP) is 1.49. The van der Waals surface area contributed by atoms with Gasteiger partial charge in [0.15, 0.2) is 5.84 Å². The van der Waals surface area contributed by atoms with Crippen LogP contribution < -0.4 is 11.1 Å². The number of nitrogens with zero attached hydrogens (tertiary/aromatic N) is 2. The summed E-state index contributed by atoms with van der Waals surface area (Å²) in [5, 5.41) is 14.3. The van der Waals surface area contributed by atoms with Crippen molar-refractivity contribution in [2.45, 2.75) is 25.8 Å². The molecule has 0 saturated carbocycles. The van der Waals surface area contributed by atoms with E-state index in [0.717, 1.165) is 6.42 Å². The molecule has 0 saturated heterocycles. The van der Waals surface area contributed by atoms with Gasteiger partial charge < -0.3 is 16.3 Å². The highest BCUT2D eigenvalue weighted by atomic mass is 79.9. The molecule has 7 heteroatoms. The minimum absolute atomic E-state index is 0.00634. The fourth-order valence-corrected chi connectivity index (χ4v) is 1.79. The van der Waals surface area contributed by atoms with Crippen molar-refractivity contribution < 1.29 is 10.0 Å². The van der Waals surface area contributed by atoms with Gasteiger partial charge in [0.2, 0.25) is 0 Å². The Kier molecular flexibility index (Phi) is 5.57. The average molecular weight is 315 g/mol. The van der Waals surface area contributed by atoms with Gasteiger partial charge in [-0.3, -0.25) is 9.78 Å². The zero-order chi connectivity index (χ0) is 13.5. The second-order valence-electron chi connectivity index (χ2n) is 3.73. The summed E-state index contributed by atoms with van der Waals surface area (Å²) in [6, 6.07) is 1.17. The van der Waals surface area contributed by atoms with E-state index in [4.69, 9.17) is 10.9 Å². The standard InChI is InChI=1S/C11H15BrN4O2/c1-2-3-9(10(13)16-18)15-11(17)7-4-8(12)6-14-5-7/h4-6,9,18H,2-3H2,1H3,(H2,13,16)(H,15,17). The summed E-state index contributed by atoms with van der Waals surface area (Å²) in [6.45, 7) is 1.95. The van der Waals surface area contributed by atoms with Crippen LogP contribution >= 0.6 is 15.9 Å². The molecule has 1 atom stereocenters. The van der Waals surface area contributed by atoms with Crippen molar-refractivity contribution in [3.8, 4) is 0 Å². The molecule has 1 unspecified atom stereocenters. The molecule has 0 aliphatic carbocycles. The van der Waals surface area contributed by atoms with E-state index in [1.54, 1.807) is 12.3 Å². The number of carbonyl (C=O) groups is 1. The third-order valence-corrected chi connectivity index (χ3v) is 2.76. The molecule has 1 rings (SSSR count). The fraction of sp³-hybridized carbons (Fsp3) is 0.364. The lowest BCUT2D eigenvalue weighted by atomic mass is 10.1. The summed E-state index contributed by atoms with van der Waals surface area (Å²) in [4.78, 5) is 15.8. The molecular formula is C11H15BrN4O2. The number of nitrogens with one attached hydrogen (secondary N) is 1. The summed E-state index contributed by atoms with van der Waals surface area (Å²) in [5.74, 6) is -0.318. The second-order valence-corrected chi connectivity index (χ2v) is 4.65. The summed E-state index contributed by atoms with van der Waals surface area (Å²) in [7, 11) is 0. The van der Waals surface area contributed by atoms with Gasteiger partial charge in [0, 0.05) is 16.9 Å². The number of hydrogen-bond donors (Lipinski definition) is 3. The number of nitrogens with two attached hydrogens (primary N) is 1. The molecule has 0 spiro atoms. The van der Waals surface area contributed by atoms with Crippen molar-refractivity contribution in [2.24, 2.45) is 10.9 Å². The van der Waals surface area contributed by atoms with Gasteiger partial charge in [0.05, 0.1) is 11.6 Å². The number of oxime groups is 1. The Morgan fingerprint density at radius 2 is 2.39 bits per heavy atom. The highest BCUT2D eigenvalue weighted by Gasteiger charge is 2.17. The number of amidine groups is 1. The monoisotopic (exact) mass is 314 g/mol. The average Bonchev–Trinajstić information content (AvgIpc) is 2.37. The maximum Gasteiger partial charge on any atom is 0.253 e. The number of pyridine rings is 1. The highest BCUT2D eigenvalue weighted by molar-refractivity contribution is 9.10. The first-order chi connectivity index (χ1) is 8.58. The number of aromatic nitrogens is 1. The highest BCUT2D eigenvalue weighted by Crippen LogP contribution is 2.10. The van der Waals surface area contributed by atoms with Crippen molar-refractivity contribution in [1.29, 1.82) is 0 Å². The van der Waals surface area contributed by atoms with Crippen LogP contribution in [0.3, 0.4) is 0 Å². The van der Waals surface area contributed by atoms with Crippen LogP contribution in [0.25, 0.3) is 0 Å². The Bertz CT molecular complexity index is 450. The van der Waals surface area contributed by atoms with E-state index in [1.165, 1.54) is 6.20 Å². The lowest BCUT2D eigenvalue weighted by Crippen LogP contribution is -2.44. The van der Waals surface area contributed by atoms with Gasteiger partial charge in [0.1, 0.15) is 0 Å². The summed E-state index contributed by atoms with van der Waals surface area (Å²) >= 11 is 3.24. The Morgan fingerprint density at radius 3 is 2.94 bits per heavy atom. The molecule has 0 radical (unpaired) electrons. The number of carbonyl (C=O) groups excluding carboxylic acids is 1. The third-order valence-electron chi connectivity index (χ3n) is 2.32. The van der Waals surface area contributed by atoms with E-state index in [-0.39, 0.29) is 11.7 Å². The van der Waals surface area contributed by atoms with Crippen LogP contribution in [0, 0.1) is 0 Å². The van der Waals surface area contributed by atoms with E-state index in [0.29, 0.717) is 16.5 Å². The van der Waals surface area contributed by atoms with Crippen molar-refractivity contribution >= 4 is 27.7 Å². The molecule has 6 nitrogen and oxygen atoms in total. The summed E-state index contributed by atoms with van der Waals surface area (Å²) in [6.07, 6.45) is 4.44. The molecule has 0 aliphatic heterocycles. The zero-order valence-electron chi connectivity index (χ0n) is 9.93. The van der Waals surface area contributed by atoms with Crippen LogP contribution in [0.15, 0.2) is 28.1 Å². The second kappa shape index (κ2) is 6.95. The van der Waals surface area contributed by atoms with Crippen molar-refractivity contribution in [3.63, 3.8) is 0 Å². The molecule has 4 N–H and O–H groups in total. The van der Waals surface area contributed by atoms with E-state index in [2.05, 4.69) is 31.4 Å². The lowest BCUT2D eigenvalue weighted by molar-refractivity contribution is 0.0944. The van der Waals surface area contributed by atoms with Crippen LogP contribution in [-0.4, -0.2) is 28.0 Å². The maximum absolute atomic E-state index is 11.9. The molecule has 18 heavy (non-hydrogen) atoms. The molecule has 0 aromatic carbocycles. The first-order valence-electron chi connectivity index (χ1n) is 5.47. The van der Waals surface area contributed by atoms with E-state index in [1.807, 2.05) is 6.92 Å². The minimum atomic E-state index is -0.480. The molecule has 1 aromatic rings. The first kappa shape index (κ1) is 14.4. The smallest absolute Gasteiger partial charge is 0.253 e. The number of hydrogen-bond acceptors (Lipinski definition) is 4. The van der Waals surface area contributed by atoms with Gasteiger partial charge in [-0.15, -0.1) is 0 Å². The third kappa shape index (κ3) is 3.99. The molecule has 0 aliphatic rings. The molecular weight excluding hydrogens is 300 g/mol. The van der Waals surface area contributed by atoms with E-state index in [9.17, 15) is 4.79 Å². The fourth-order valence-electron chi connectivity index (χ4n) is 1.43. The van der Waals surface area contributed by atoms with Gasteiger partial charge in [-0.1, -0.05) is 18.5 Å². The van der Waals surface area contributed by atoms with Gasteiger partial charge in [-0.05, 0) is 28.4 Å². The lowest BCUT2D eigenvalue weighted by Gasteiger charge is -2.16. The SMILES string of the molecule is CCCC(NC(=O)c1cncc(Br)c1)/C(N)=N/O. The van der Waals surface area contributed by atoms with Crippen molar-refractivity contribution in [1.82, 2.24) is 10.3 Å². The number of halogens is 1. The predicted molar refractivity (Wildman–Crippen MR) is 71.5 cm³/mol. The topological polar surface area (TPSA) is 101 Å². The van der Waals surface area contributed by atoms with Crippen molar-refractivity contribution in [3.05, 3.63) is 28.5 Å². The Labute approximate surface area is 113 Å². The van der Waals surface area contributed by atoms with Gasteiger partial charge in [-0.2, -0.15) is 0 Å². The quantitative estimate of drug-likeness (QED) is 0.332. The first-order valence-corrected chi connectivity index (χ1v) is 6.26. The Morgan fingerprint density at radius 1 is 1.67 bits per heavy atom. The zero-order valence-corrected chi connectivity index (χ0v) is 11.5. The molecule has 0 fully saturated rings. The largest absolute Gasteiger partial charge is 0.409 e. The number of rotatable bonds is 5. The molecule has 1 aromatic heterocycles. The van der Waals surface area contributed by atoms with Gasteiger partial charge in [-0.25, -0.2) is 0 Å². The molecule has 1 amide bonds.